The molecule has 0 fully saturated rings. The van der Waals surface area contributed by atoms with Gasteiger partial charge in [0.05, 0.1) is 20.8 Å². The Morgan fingerprint density at radius 2 is 2.06 bits per heavy atom. The molecule has 0 saturated carbocycles. The zero-order valence-electron chi connectivity index (χ0n) is 10.1. The third-order valence-corrected chi connectivity index (χ3v) is 2.25. The van der Waals surface area contributed by atoms with Gasteiger partial charge in [0.25, 0.3) is 0 Å². The van der Waals surface area contributed by atoms with Crippen molar-refractivity contribution in [2.75, 3.05) is 20.8 Å². The molecule has 1 N–H and O–H groups in total. The first kappa shape index (κ1) is 13.3. The standard InChI is InChI=1S/C12H16O5/c1-4-17-12(14)11(13)9-6-5-8(15-2)7-10(9)16-3/h5-7,11,13H,4H2,1-3H3/t11-/m1/s1. The fourth-order valence-corrected chi connectivity index (χ4v) is 1.39. The highest BCUT2D eigenvalue weighted by Gasteiger charge is 2.22. The van der Waals surface area contributed by atoms with Crippen molar-refractivity contribution in [2.45, 2.75) is 13.0 Å². The molecule has 1 aromatic carbocycles. The maximum absolute atomic E-state index is 11.4. The van der Waals surface area contributed by atoms with E-state index < -0.39 is 12.1 Å². The first-order valence-corrected chi connectivity index (χ1v) is 5.20. The minimum Gasteiger partial charge on any atom is -0.497 e. The molecular formula is C12H16O5. The van der Waals surface area contributed by atoms with Crippen molar-refractivity contribution in [1.82, 2.24) is 0 Å². The van der Waals surface area contributed by atoms with Crippen LogP contribution in [0.2, 0.25) is 0 Å². The number of carbonyl (C=O) groups is 1. The molecule has 0 amide bonds. The van der Waals surface area contributed by atoms with Crippen LogP contribution in [-0.2, 0) is 9.53 Å². The molecule has 0 aliphatic heterocycles. The molecule has 1 rings (SSSR count). The lowest BCUT2D eigenvalue weighted by molar-refractivity contribution is -0.153. The van der Waals surface area contributed by atoms with Gasteiger partial charge in [-0.25, -0.2) is 4.79 Å². The van der Waals surface area contributed by atoms with Crippen LogP contribution >= 0.6 is 0 Å². The Balaban J connectivity index is 3.00. The van der Waals surface area contributed by atoms with Gasteiger partial charge in [-0.05, 0) is 19.1 Å². The van der Waals surface area contributed by atoms with Gasteiger partial charge in [0, 0.05) is 11.6 Å². The third-order valence-electron chi connectivity index (χ3n) is 2.25. The lowest BCUT2D eigenvalue weighted by atomic mass is 10.1. The molecule has 0 spiro atoms. The fraction of sp³-hybridized carbons (Fsp3) is 0.417. The highest BCUT2D eigenvalue weighted by Crippen LogP contribution is 2.29. The number of aliphatic hydroxyl groups is 1. The van der Waals surface area contributed by atoms with E-state index in [9.17, 15) is 9.90 Å². The Kier molecular flexibility index (Phi) is 4.78. The third kappa shape index (κ3) is 3.10. The number of methoxy groups -OCH3 is 2. The number of ether oxygens (including phenoxy) is 3. The second kappa shape index (κ2) is 6.10. The first-order valence-electron chi connectivity index (χ1n) is 5.20. The Bertz CT molecular complexity index is 388. The van der Waals surface area contributed by atoms with E-state index in [1.165, 1.54) is 14.2 Å². The molecule has 17 heavy (non-hydrogen) atoms. The number of aliphatic hydroxyl groups excluding tert-OH is 1. The number of hydrogen-bond donors (Lipinski definition) is 1. The maximum atomic E-state index is 11.4. The zero-order chi connectivity index (χ0) is 12.8. The van der Waals surface area contributed by atoms with E-state index >= 15 is 0 Å². The van der Waals surface area contributed by atoms with Crippen molar-refractivity contribution in [3.63, 3.8) is 0 Å². The van der Waals surface area contributed by atoms with Crippen molar-refractivity contribution in [3.8, 4) is 11.5 Å². The Labute approximate surface area is 99.9 Å². The van der Waals surface area contributed by atoms with Crippen molar-refractivity contribution in [2.24, 2.45) is 0 Å². The summed E-state index contributed by atoms with van der Waals surface area (Å²) in [6.45, 7) is 1.89. The van der Waals surface area contributed by atoms with Gasteiger partial charge in [-0.3, -0.25) is 0 Å². The summed E-state index contributed by atoms with van der Waals surface area (Å²) in [6, 6.07) is 4.80. The molecule has 0 radical (unpaired) electrons. The molecule has 0 unspecified atom stereocenters. The normalized spacial score (nSPS) is 11.8. The quantitative estimate of drug-likeness (QED) is 0.786. The van der Waals surface area contributed by atoms with Crippen LogP contribution in [0.4, 0.5) is 0 Å². The predicted octanol–water partition coefficient (Wildman–Crippen LogP) is 1.30. The molecule has 0 saturated heterocycles. The van der Waals surface area contributed by atoms with Gasteiger partial charge in [0.15, 0.2) is 6.10 Å². The Morgan fingerprint density at radius 1 is 1.35 bits per heavy atom. The molecule has 1 atom stereocenters. The van der Waals surface area contributed by atoms with E-state index in [-0.39, 0.29) is 6.61 Å². The molecule has 0 heterocycles. The summed E-state index contributed by atoms with van der Waals surface area (Å²) in [5, 5.41) is 9.80. The number of benzene rings is 1. The van der Waals surface area contributed by atoms with Gasteiger partial charge in [-0.2, -0.15) is 0 Å². The van der Waals surface area contributed by atoms with Crippen LogP contribution < -0.4 is 9.47 Å². The predicted molar refractivity (Wildman–Crippen MR) is 61.1 cm³/mol. The summed E-state index contributed by atoms with van der Waals surface area (Å²) in [5.41, 5.74) is 0.353. The fourth-order valence-electron chi connectivity index (χ4n) is 1.39. The second-order valence-corrected chi connectivity index (χ2v) is 3.26. The SMILES string of the molecule is CCOC(=O)[C@H](O)c1ccc(OC)cc1OC. The van der Waals surface area contributed by atoms with Gasteiger partial charge in [-0.15, -0.1) is 0 Å². The molecule has 0 aliphatic rings. The summed E-state index contributed by atoms with van der Waals surface area (Å²) < 4.78 is 14.8. The molecule has 5 nitrogen and oxygen atoms in total. The number of hydrogen-bond acceptors (Lipinski definition) is 5. The summed E-state index contributed by atoms with van der Waals surface area (Å²) in [7, 11) is 2.98. The van der Waals surface area contributed by atoms with Crippen LogP contribution in [0.15, 0.2) is 18.2 Å². The topological polar surface area (TPSA) is 65.0 Å². The van der Waals surface area contributed by atoms with Crippen molar-refractivity contribution < 1.29 is 24.1 Å². The highest BCUT2D eigenvalue weighted by atomic mass is 16.5. The van der Waals surface area contributed by atoms with E-state index in [0.717, 1.165) is 0 Å². The average Bonchev–Trinajstić information content (AvgIpc) is 2.37. The number of carbonyl (C=O) groups excluding carboxylic acids is 1. The van der Waals surface area contributed by atoms with Crippen LogP contribution in [-0.4, -0.2) is 31.9 Å². The lowest BCUT2D eigenvalue weighted by Crippen LogP contribution is -2.16. The van der Waals surface area contributed by atoms with E-state index in [0.29, 0.717) is 17.1 Å². The van der Waals surface area contributed by atoms with Crippen LogP contribution in [0.1, 0.15) is 18.6 Å². The molecule has 0 aliphatic carbocycles. The van der Waals surface area contributed by atoms with Crippen LogP contribution in [0.3, 0.4) is 0 Å². The minimum atomic E-state index is -1.35. The summed E-state index contributed by atoms with van der Waals surface area (Å²) >= 11 is 0. The van der Waals surface area contributed by atoms with Gasteiger partial charge < -0.3 is 19.3 Å². The largest absolute Gasteiger partial charge is 0.497 e. The average molecular weight is 240 g/mol. The number of esters is 1. The summed E-state index contributed by atoms with van der Waals surface area (Å²) in [6.07, 6.45) is -1.35. The van der Waals surface area contributed by atoms with Crippen molar-refractivity contribution in [1.29, 1.82) is 0 Å². The van der Waals surface area contributed by atoms with E-state index in [2.05, 4.69) is 0 Å². The molecule has 1 aromatic rings. The summed E-state index contributed by atoms with van der Waals surface area (Å²) in [4.78, 5) is 11.4. The van der Waals surface area contributed by atoms with E-state index in [4.69, 9.17) is 14.2 Å². The smallest absolute Gasteiger partial charge is 0.339 e. The van der Waals surface area contributed by atoms with Crippen molar-refractivity contribution in [3.05, 3.63) is 23.8 Å². The molecule has 94 valence electrons. The van der Waals surface area contributed by atoms with Crippen LogP contribution in [0, 0.1) is 0 Å². The van der Waals surface area contributed by atoms with Gasteiger partial charge in [0.1, 0.15) is 11.5 Å². The van der Waals surface area contributed by atoms with Gasteiger partial charge >= 0.3 is 5.97 Å². The maximum Gasteiger partial charge on any atom is 0.339 e. The Morgan fingerprint density at radius 3 is 2.59 bits per heavy atom. The Hall–Kier alpha value is -1.75. The first-order chi connectivity index (χ1) is 8.13. The van der Waals surface area contributed by atoms with Gasteiger partial charge in [0.2, 0.25) is 0 Å². The lowest BCUT2D eigenvalue weighted by Gasteiger charge is -2.14. The summed E-state index contributed by atoms with van der Waals surface area (Å²) in [5.74, 6) is 0.266. The monoisotopic (exact) mass is 240 g/mol. The highest BCUT2D eigenvalue weighted by molar-refractivity contribution is 5.77. The second-order valence-electron chi connectivity index (χ2n) is 3.26. The molecule has 5 heteroatoms. The van der Waals surface area contributed by atoms with Crippen molar-refractivity contribution >= 4 is 5.97 Å². The van der Waals surface area contributed by atoms with E-state index in [1.807, 2.05) is 0 Å². The molecule has 0 aromatic heterocycles. The molecular weight excluding hydrogens is 224 g/mol. The van der Waals surface area contributed by atoms with E-state index in [1.54, 1.807) is 25.1 Å². The number of rotatable bonds is 5. The minimum absolute atomic E-state index is 0.217. The molecule has 0 bridgehead atoms. The van der Waals surface area contributed by atoms with Crippen LogP contribution in [0.25, 0.3) is 0 Å². The van der Waals surface area contributed by atoms with Gasteiger partial charge in [-0.1, -0.05) is 0 Å². The zero-order valence-corrected chi connectivity index (χ0v) is 10.1. The van der Waals surface area contributed by atoms with Crippen LogP contribution in [0.5, 0.6) is 11.5 Å².